The molecule has 1 fully saturated rings. The molecule has 0 bridgehead atoms. The number of hydrogen-bond acceptors (Lipinski definition) is 5. The topological polar surface area (TPSA) is 100 Å². The fraction of sp³-hybridized carbons (Fsp3) is 0.333. The van der Waals surface area contributed by atoms with Crippen molar-refractivity contribution in [3.63, 3.8) is 0 Å². The number of nitrogens with zero attached hydrogens (tertiary/aromatic N) is 1. The Morgan fingerprint density at radius 2 is 2.00 bits per heavy atom. The molecule has 1 aliphatic heterocycles. The molecular weight excluding hydrogens is 352 g/mol. The largest absolute Gasteiger partial charge is 0.316 e. The lowest BCUT2D eigenvalue weighted by Gasteiger charge is -2.15. The summed E-state index contributed by atoms with van der Waals surface area (Å²) in [6, 6.07) is 11.9. The minimum Gasteiger partial charge on any atom is -0.316 e. The molecule has 7 nitrogen and oxygen atoms in total. The predicted octanol–water partition coefficient (Wildman–Crippen LogP) is 1.67. The maximum atomic E-state index is 12.5. The summed E-state index contributed by atoms with van der Waals surface area (Å²) in [5.74, 6) is 0.166. The van der Waals surface area contributed by atoms with Crippen molar-refractivity contribution in [2.75, 3.05) is 18.4 Å². The van der Waals surface area contributed by atoms with Crippen LogP contribution in [-0.2, 0) is 14.8 Å². The molecule has 3 rings (SSSR count). The number of sulfonamides is 1. The Bertz CT molecular complexity index is 848. The predicted molar refractivity (Wildman–Crippen MR) is 99.0 cm³/mol. The third kappa shape index (κ3) is 4.46. The Hall–Kier alpha value is -2.29. The van der Waals surface area contributed by atoms with Gasteiger partial charge in [-0.15, -0.1) is 0 Å². The van der Waals surface area contributed by atoms with Gasteiger partial charge < -0.3 is 10.6 Å². The lowest BCUT2D eigenvalue weighted by molar-refractivity contribution is -0.119. The van der Waals surface area contributed by atoms with Crippen LogP contribution in [0, 0.1) is 5.92 Å². The second-order valence-corrected chi connectivity index (χ2v) is 8.03. The smallest absolute Gasteiger partial charge is 0.242 e. The third-order valence-electron chi connectivity index (χ3n) is 4.36. The summed E-state index contributed by atoms with van der Waals surface area (Å²) in [4.78, 5) is 16.2. The van der Waals surface area contributed by atoms with Gasteiger partial charge in [-0.05, 0) is 37.6 Å². The minimum absolute atomic E-state index is 0.0563. The van der Waals surface area contributed by atoms with Crippen LogP contribution in [-0.4, -0.2) is 32.4 Å². The van der Waals surface area contributed by atoms with Crippen LogP contribution in [0.2, 0.25) is 0 Å². The number of rotatable bonds is 6. The van der Waals surface area contributed by atoms with E-state index < -0.39 is 10.0 Å². The number of amides is 1. The van der Waals surface area contributed by atoms with Crippen LogP contribution in [0.25, 0.3) is 0 Å². The standard InChI is InChI=1S/C18H22N4O3S/c1-13(14-5-3-2-4-6-14)22-26(24,25)16-7-8-17(20-12-16)21-18(23)15-9-10-19-11-15/h2-8,12-13,15,19,22H,9-11H2,1H3,(H,20,21,23). The molecule has 2 heterocycles. The van der Waals surface area contributed by atoms with E-state index in [0.717, 1.165) is 18.5 Å². The van der Waals surface area contributed by atoms with Crippen LogP contribution in [0.3, 0.4) is 0 Å². The number of aromatic nitrogens is 1. The van der Waals surface area contributed by atoms with Crippen molar-refractivity contribution in [1.29, 1.82) is 0 Å². The first-order chi connectivity index (χ1) is 12.5. The molecule has 2 aromatic rings. The van der Waals surface area contributed by atoms with Crippen molar-refractivity contribution in [3.05, 3.63) is 54.2 Å². The monoisotopic (exact) mass is 374 g/mol. The SMILES string of the molecule is CC(NS(=O)(=O)c1ccc(NC(=O)C2CCNC2)nc1)c1ccccc1. The van der Waals surface area contributed by atoms with E-state index in [-0.39, 0.29) is 22.8 Å². The molecule has 1 aromatic carbocycles. The third-order valence-corrected chi connectivity index (χ3v) is 5.89. The van der Waals surface area contributed by atoms with Crippen LogP contribution in [0.5, 0.6) is 0 Å². The molecule has 1 aromatic heterocycles. The van der Waals surface area contributed by atoms with Gasteiger partial charge in [0.2, 0.25) is 15.9 Å². The van der Waals surface area contributed by atoms with E-state index in [9.17, 15) is 13.2 Å². The van der Waals surface area contributed by atoms with E-state index >= 15 is 0 Å². The summed E-state index contributed by atoms with van der Waals surface area (Å²) >= 11 is 0. The summed E-state index contributed by atoms with van der Waals surface area (Å²) in [6.07, 6.45) is 2.04. The Kier molecular flexibility index (Phi) is 5.65. The highest BCUT2D eigenvalue weighted by atomic mass is 32.2. The molecule has 0 saturated carbocycles. The van der Waals surface area contributed by atoms with Gasteiger partial charge >= 0.3 is 0 Å². The quantitative estimate of drug-likeness (QED) is 0.714. The van der Waals surface area contributed by atoms with Gasteiger partial charge in [0.1, 0.15) is 10.7 Å². The van der Waals surface area contributed by atoms with Crippen LogP contribution in [0.1, 0.15) is 24.9 Å². The van der Waals surface area contributed by atoms with Gasteiger partial charge in [0.05, 0.1) is 5.92 Å². The molecule has 0 aliphatic carbocycles. The highest BCUT2D eigenvalue weighted by molar-refractivity contribution is 7.89. The van der Waals surface area contributed by atoms with E-state index in [4.69, 9.17) is 0 Å². The summed E-state index contributed by atoms with van der Waals surface area (Å²) in [7, 11) is -3.70. The fourth-order valence-corrected chi connectivity index (χ4v) is 4.01. The number of carbonyl (C=O) groups excluding carboxylic acids is 1. The molecule has 0 spiro atoms. The van der Waals surface area contributed by atoms with Gasteiger partial charge in [0.25, 0.3) is 0 Å². The lowest BCUT2D eigenvalue weighted by atomic mass is 10.1. The van der Waals surface area contributed by atoms with Gasteiger partial charge in [-0.25, -0.2) is 18.1 Å². The highest BCUT2D eigenvalue weighted by Gasteiger charge is 2.23. The lowest BCUT2D eigenvalue weighted by Crippen LogP contribution is -2.27. The Balaban J connectivity index is 1.65. The van der Waals surface area contributed by atoms with Crippen molar-refractivity contribution in [2.24, 2.45) is 5.92 Å². The average Bonchev–Trinajstić information content (AvgIpc) is 3.17. The minimum atomic E-state index is -3.70. The van der Waals surface area contributed by atoms with Crippen LogP contribution >= 0.6 is 0 Å². The number of carbonyl (C=O) groups is 1. The molecule has 138 valence electrons. The van der Waals surface area contributed by atoms with Crippen molar-refractivity contribution in [3.8, 4) is 0 Å². The first-order valence-electron chi connectivity index (χ1n) is 8.50. The van der Waals surface area contributed by atoms with Crippen LogP contribution in [0.15, 0.2) is 53.6 Å². The maximum Gasteiger partial charge on any atom is 0.242 e. The summed E-state index contributed by atoms with van der Waals surface area (Å²) in [6.45, 7) is 3.26. The van der Waals surface area contributed by atoms with Crippen LogP contribution < -0.4 is 15.4 Å². The first-order valence-corrected chi connectivity index (χ1v) is 9.99. The van der Waals surface area contributed by atoms with Gasteiger partial charge in [0, 0.05) is 18.8 Å². The Morgan fingerprint density at radius 3 is 2.62 bits per heavy atom. The fourth-order valence-electron chi connectivity index (χ4n) is 2.83. The van der Waals surface area contributed by atoms with Crippen molar-refractivity contribution >= 4 is 21.7 Å². The normalized spacial score (nSPS) is 18.4. The molecule has 2 atom stereocenters. The molecule has 1 saturated heterocycles. The zero-order valence-corrected chi connectivity index (χ0v) is 15.3. The Morgan fingerprint density at radius 1 is 1.23 bits per heavy atom. The molecule has 3 N–H and O–H groups in total. The van der Waals surface area contributed by atoms with Gasteiger partial charge in [-0.3, -0.25) is 4.79 Å². The average molecular weight is 374 g/mol. The van der Waals surface area contributed by atoms with Gasteiger partial charge in [-0.2, -0.15) is 0 Å². The van der Waals surface area contributed by atoms with E-state index in [1.54, 1.807) is 6.92 Å². The second kappa shape index (κ2) is 7.94. The summed E-state index contributed by atoms with van der Waals surface area (Å²) < 4.78 is 27.7. The molecule has 0 radical (unpaired) electrons. The second-order valence-electron chi connectivity index (χ2n) is 6.31. The number of nitrogens with one attached hydrogen (secondary N) is 3. The maximum absolute atomic E-state index is 12.5. The van der Waals surface area contributed by atoms with Crippen LogP contribution in [0.4, 0.5) is 5.82 Å². The van der Waals surface area contributed by atoms with E-state index in [1.807, 2.05) is 30.3 Å². The number of hydrogen-bond donors (Lipinski definition) is 3. The zero-order chi connectivity index (χ0) is 18.6. The molecule has 8 heteroatoms. The van der Waals surface area contributed by atoms with Gasteiger partial charge in [0.15, 0.2) is 0 Å². The first kappa shape index (κ1) is 18.5. The van der Waals surface area contributed by atoms with Crippen molar-refractivity contribution < 1.29 is 13.2 Å². The van der Waals surface area contributed by atoms with E-state index in [1.165, 1.54) is 18.3 Å². The molecule has 26 heavy (non-hydrogen) atoms. The molecule has 2 unspecified atom stereocenters. The molecular formula is C18H22N4O3S. The number of anilines is 1. The highest BCUT2D eigenvalue weighted by Crippen LogP contribution is 2.18. The summed E-state index contributed by atoms with van der Waals surface area (Å²) in [5.41, 5.74) is 0.873. The summed E-state index contributed by atoms with van der Waals surface area (Å²) in [5, 5.41) is 5.85. The molecule has 1 aliphatic rings. The Labute approximate surface area is 153 Å². The molecule has 1 amide bonds. The van der Waals surface area contributed by atoms with Gasteiger partial charge in [-0.1, -0.05) is 30.3 Å². The van der Waals surface area contributed by atoms with Crippen molar-refractivity contribution in [2.45, 2.75) is 24.3 Å². The number of pyridine rings is 1. The van der Waals surface area contributed by atoms with Crippen molar-refractivity contribution in [1.82, 2.24) is 15.0 Å². The zero-order valence-electron chi connectivity index (χ0n) is 14.5. The number of benzene rings is 1. The van der Waals surface area contributed by atoms with E-state index in [2.05, 4.69) is 20.3 Å². The van der Waals surface area contributed by atoms with E-state index in [0.29, 0.717) is 12.4 Å².